The topological polar surface area (TPSA) is 106 Å². The van der Waals surface area contributed by atoms with Gasteiger partial charge in [-0.1, -0.05) is 13.8 Å². The number of Topliss-reactive ketones (excluding diaryl/α,β-unsaturated/α-hetero) is 2. The Morgan fingerprint density at radius 2 is 1.12 bits per heavy atom. The molecule has 5 nitrogen and oxygen atoms in total. The maximum absolute atomic E-state index is 10.3. The third-order valence-electron chi connectivity index (χ3n) is 1.63. The molecular weight excluding hydrogens is 232 g/mol. The standard InChI is InChI=1S/2C5H10O2.H2O.H2S/c2*1-3-5(7)4(2)6;;/h2*4,6H,3H2,1-2H3;2*1H2. The quantitative estimate of drug-likeness (QED) is 0.737. The minimum atomic E-state index is -0.773. The number of aliphatic hydroxyl groups excluding tert-OH is 2. The summed E-state index contributed by atoms with van der Waals surface area (Å²) in [5.41, 5.74) is 0. The van der Waals surface area contributed by atoms with Gasteiger partial charge in [-0.15, -0.1) is 0 Å². The van der Waals surface area contributed by atoms with Gasteiger partial charge in [0.05, 0.1) is 0 Å². The van der Waals surface area contributed by atoms with E-state index in [0.717, 1.165) is 0 Å². The highest BCUT2D eigenvalue weighted by molar-refractivity contribution is 7.59. The van der Waals surface area contributed by atoms with Crippen LogP contribution in [-0.2, 0) is 9.59 Å². The van der Waals surface area contributed by atoms with E-state index < -0.39 is 12.2 Å². The summed E-state index contributed by atoms with van der Waals surface area (Å²) < 4.78 is 0. The first-order chi connectivity index (χ1) is 6.36. The van der Waals surface area contributed by atoms with Gasteiger partial charge >= 0.3 is 0 Å². The summed E-state index contributed by atoms with van der Waals surface area (Å²) in [5, 5.41) is 16.9. The molecule has 0 aromatic carbocycles. The van der Waals surface area contributed by atoms with E-state index >= 15 is 0 Å². The Hall–Kier alpha value is -0.430. The summed E-state index contributed by atoms with van der Waals surface area (Å²) in [4.78, 5) is 20.5. The molecule has 2 unspecified atom stereocenters. The number of carbonyl (C=O) groups excluding carboxylic acids is 2. The largest absolute Gasteiger partial charge is 0.412 e. The van der Waals surface area contributed by atoms with Gasteiger partial charge in [0.25, 0.3) is 0 Å². The summed E-state index contributed by atoms with van der Waals surface area (Å²) in [6.07, 6.45) is -0.690. The zero-order valence-electron chi connectivity index (χ0n) is 10.3. The smallest absolute Gasteiger partial charge is 0.160 e. The number of rotatable bonds is 4. The van der Waals surface area contributed by atoms with E-state index in [1.165, 1.54) is 13.8 Å². The maximum atomic E-state index is 10.3. The molecular formula is C10H24O5S. The minimum absolute atomic E-state index is 0. The van der Waals surface area contributed by atoms with Crippen molar-refractivity contribution in [3.8, 4) is 0 Å². The SMILES string of the molecule is CCC(=O)C(C)O.CCC(=O)C(C)O.O.S. The van der Waals surface area contributed by atoms with Gasteiger partial charge in [0, 0.05) is 12.8 Å². The highest BCUT2D eigenvalue weighted by atomic mass is 32.1. The lowest BCUT2D eigenvalue weighted by Crippen LogP contribution is -2.13. The fraction of sp³-hybridized carbons (Fsp3) is 0.800. The van der Waals surface area contributed by atoms with Crippen LogP contribution in [0.5, 0.6) is 0 Å². The molecule has 0 rings (SSSR count). The van der Waals surface area contributed by atoms with E-state index in [1.54, 1.807) is 13.8 Å². The molecule has 0 aliphatic carbocycles. The van der Waals surface area contributed by atoms with Crippen LogP contribution in [0.1, 0.15) is 40.5 Å². The third-order valence-corrected chi connectivity index (χ3v) is 1.63. The van der Waals surface area contributed by atoms with Crippen LogP contribution >= 0.6 is 13.5 Å². The molecule has 0 bridgehead atoms. The Bertz CT molecular complexity index is 160. The molecule has 0 radical (unpaired) electrons. The van der Waals surface area contributed by atoms with Crippen LogP contribution < -0.4 is 0 Å². The fourth-order valence-electron chi connectivity index (χ4n) is 0.591. The van der Waals surface area contributed by atoms with E-state index in [2.05, 4.69) is 0 Å². The Kier molecular flexibility index (Phi) is 22.5. The average molecular weight is 256 g/mol. The van der Waals surface area contributed by atoms with Gasteiger partial charge in [0.15, 0.2) is 11.6 Å². The molecule has 0 fully saturated rings. The van der Waals surface area contributed by atoms with Crippen molar-refractivity contribution in [2.45, 2.75) is 52.7 Å². The Labute approximate surface area is 104 Å². The number of hydrogen-bond acceptors (Lipinski definition) is 4. The van der Waals surface area contributed by atoms with Gasteiger partial charge in [-0.05, 0) is 13.8 Å². The fourth-order valence-corrected chi connectivity index (χ4v) is 0.591. The van der Waals surface area contributed by atoms with Gasteiger partial charge in [0.1, 0.15) is 12.2 Å². The monoisotopic (exact) mass is 256 g/mol. The number of ketones is 2. The average Bonchev–Trinajstić information content (AvgIpc) is 2.15. The normalized spacial score (nSPS) is 11.9. The first-order valence-electron chi connectivity index (χ1n) is 4.78. The van der Waals surface area contributed by atoms with Gasteiger partial charge in [0.2, 0.25) is 0 Å². The molecule has 0 aromatic heterocycles. The molecule has 4 N–H and O–H groups in total. The maximum Gasteiger partial charge on any atom is 0.160 e. The Morgan fingerprint density at radius 1 is 0.938 bits per heavy atom. The summed E-state index contributed by atoms with van der Waals surface area (Å²) in [6, 6.07) is 0. The van der Waals surface area contributed by atoms with E-state index in [4.69, 9.17) is 10.2 Å². The second kappa shape index (κ2) is 14.6. The lowest BCUT2D eigenvalue weighted by Gasteiger charge is -1.95. The molecule has 100 valence electrons. The van der Waals surface area contributed by atoms with Crippen LogP contribution in [0.4, 0.5) is 0 Å². The highest BCUT2D eigenvalue weighted by Crippen LogP contribution is 1.86. The molecule has 2 atom stereocenters. The molecule has 0 aliphatic rings. The van der Waals surface area contributed by atoms with E-state index in [0.29, 0.717) is 12.8 Å². The van der Waals surface area contributed by atoms with Gasteiger partial charge in [-0.2, -0.15) is 13.5 Å². The highest BCUT2D eigenvalue weighted by Gasteiger charge is 2.03. The molecule has 0 saturated carbocycles. The van der Waals surface area contributed by atoms with Gasteiger partial charge < -0.3 is 15.7 Å². The minimum Gasteiger partial charge on any atom is -0.412 e. The van der Waals surface area contributed by atoms with Crippen LogP contribution in [0, 0.1) is 0 Å². The number of aliphatic hydroxyl groups is 2. The predicted molar refractivity (Wildman–Crippen MR) is 68.0 cm³/mol. The van der Waals surface area contributed by atoms with Crippen molar-refractivity contribution in [2.75, 3.05) is 0 Å². The zero-order valence-corrected chi connectivity index (χ0v) is 11.3. The Morgan fingerprint density at radius 3 is 1.12 bits per heavy atom. The van der Waals surface area contributed by atoms with Gasteiger partial charge in [-0.3, -0.25) is 9.59 Å². The van der Waals surface area contributed by atoms with Crippen molar-refractivity contribution in [1.82, 2.24) is 0 Å². The van der Waals surface area contributed by atoms with Gasteiger partial charge in [-0.25, -0.2) is 0 Å². The summed E-state index contributed by atoms with van der Waals surface area (Å²) in [5.74, 6) is -0.194. The van der Waals surface area contributed by atoms with Crippen LogP contribution in [0.15, 0.2) is 0 Å². The summed E-state index contributed by atoms with van der Waals surface area (Å²) in [7, 11) is 0. The number of carbonyl (C=O) groups is 2. The van der Waals surface area contributed by atoms with Crippen LogP contribution in [0.25, 0.3) is 0 Å². The van der Waals surface area contributed by atoms with E-state index in [9.17, 15) is 9.59 Å². The van der Waals surface area contributed by atoms with Crippen LogP contribution in [-0.4, -0.2) is 39.5 Å². The lowest BCUT2D eigenvalue weighted by molar-refractivity contribution is -0.126. The van der Waals surface area contributed by atoms with Crippen molar-refractivity contribution >= 4 is 25.1 Å². The first-order valence-corrected chi connectivity index (χ1v) is 4.78. The molecule has 16 heavy (non-hydrogen) atoms. The molecule has 0 aliphatic heterocycles. The van der Waals surface area contributed by atoms with Crippen molar-refractivity contribution in [2.24, 2.45) is 0 Å². The van der Waals surface area contributed by atoms with E-state index in [1.807, 2.05) is 0 Å². The molecule has 0 saturated heterocycles. The lowest BCUT2D eigenvalue weighted by atomic mass is 10.2. The van der Waals surface area contributed by atoms with Crippen molar-refractivity contribution < 1.29 is 25.3 Å². The molecule has 0 amide bonds. The summed E-state index contributed by atoms with van der Waals surface area (Å²) in [6.45, 7) is 6.42. The van der Waals surface area contributed by atoms with Crippen LogP contribution in [0.3, 0.4) is 0 Å². The Balaban J connectivity index is -0.0000000800. The predicted octanol–water partition coefficient (Wildman–Crippen LogP) is -0.0193. The van der Waals surface area contributed by atoms with Crippen molar-refractivity contribution in [1.29, 1.82) is 0 Å². The second-order valence-corrected chi connectivity index (χ2v) is 2.99. The second-order valence-electron chi connectivity index (χ2n) is 2.99. The first kappa shape index (κ1) is 24.7. The van der Waals surface area contributed by atoms with E-state index in [-0.39, 0.29) is 30.5 Å². The van der Waals surface area contributed by atoms with Crippen molar-refractivity contribution in [3.63, 3.8) is 0 Å². The molecule has 0 aromatic rings. The molecule has 6 heteroatoms. The molecule has 0 heterocycles. The number of hydrogen-bond donors (Lipinski definition) is 2. The third kappa shape index (κ3) is 16.0. The zero-order chi connectivity index (χ0) is 11.7. The summed E-state index contributed by atoms with van der Waals surface area (Å²) >= 11 is 0. The molecule has 0 spiro atoms. The van der Waals surface area contributed by atoms with Crippen LogP contribution in [0.2, 0.25) is 0 Å². The van der Waals surface area contributed by atoms with Crippen molar-refractivity contribution in [3.05, 3.63) is 0 Å².